The van der Waals surface area contributed by atoms with E-state index >= 15 is 0 Å². The highest BCUT2D eigenvalue weighted by molar-refractivity contribution is 7.17. The highest BCUT2D eigenvalue weighted by Gasteiger charge is 2.09. The molecule has 3 rings (SSSR count). The lowest BCUT2D eigenvalue weighted by Gasteiger charge is -2.02. The first-order valence-electron chi connectivity index (χ1n) is 6.75. The molecule has 112 valence electrons. The van der Waals surface area contributed by atoms with Gasteiger partial charge in [-0.05, 0) is 31.2 Å². The van der Waals surface area contributed by atoms with Gasteiger partial charge in [0, 0.05) is 11.9 Å². The van der Waals surface area contributed by atoms with Crippen LogP contribution < -0.4 is 5.32 Å². The third-order valence-electron chi connectivity index (χ3n) is 3.20. The van der Waals surface area contributed by atoms with Gasteiger partial charge in [0.25, 0.3) is 5.91 Å². The molecule has 22 heavy (non-hydrogen) atoms. The van der Waals surface area contributed by atoms with Gasteiger partial charge in [0.2, 0.25) is 0 Å². The van der Waals surface area contributed by atoms with Crippen LogP contribution in [0.4, 0.5) is 0 Å². The molecule has 1 aromatic carbocycles. The Morgan fingerprint density at radius 1 is 1.27 bits per heavy atom. The zero-order valence-electron chi connectivity index (χ0n) is 11.9. The van der Waals surface area contributed by atoms with Gasteiger partial charge < -0.3 is 9.88 Å². The molecule has 6 heteroatoms. The molecule has 1 amide bonds. The van der Waals surface area contributed by atoms with Crippen molar-refractivity contribution in [3.05, 3.63) is 69.4 Å². The molecule has 0 aliphatic heterocycles. The smallest absolute Gasteiger partial charge is 0.261 e. The lowest BCUT2D eigenvalue weighted by atomic mass is 10.2. The molecule has 0 aliphatic carbocycles. The monoisotopic (exact) mass is 331 g/mol. The Morgan fingerprint density at radius 3 is 2.73 bits per heavy atom. The maximum absolute atomic E-state index is 12.0. The summed E-state index contributed by atoms with van der Waals surface area (Å²) < 4.78 is 2.54. The molecule has 0 bridgehead atoms. The molecule has 3 aromatic rings. The first-order chi connectivity index (χ1) is 10.6. The maximum atomic E-state index is 12.0. The summed E-state index contributed by atoms with van der Waals surface area (Å²) in [7, 11) is 0. The topological polar surface area (TPSA) is 46.9 Å². The summed E-state index contributed by atoms with van der Waals surface area (Å²) >= 11 is 7.09. The van der Waals surface area contributed by atoms with E-state index in [-0.39, 0.29) is 5.91 Å². The summed E-state index contributed by atoms with van der Waals surface area (Å²) in [6, 6.07) is 11.6. The van der Waals surface area contributed by atoms with Gasteiger partial charge in [-0.3, -0.25) is 4.79 Å². The van der Waals surface area contributed by atoms with Gasteiger partial charge in [0.1, 0.15) is 0 Å². The Morgan fingerprint density at radius 2 is 2.05 bits per heavy atom. The van der Waals surface area contributed by atoms with E-state index in [1.165, 1.54) is 16.9 Å². The average molecular weight is 332 g/mol. The average Bonchev–Trinajstić information content (AvgIpc) is 3.15. The molecule has 0 saturated heterocycles. The Balaban J connectivity index is 1.64. The first-order valence-corrected chi connectivity index (χ1v) is 7.95. The molecular formula is C16H14ClN3OS. The molecule has 0 spiro atoms. The van der Waals surface area contributed by atoms with E-state index in [0.29, 0.717) is 15.8 Å². The molecule has 0 atom stereocenters. The maximum Gasteiger partial charge on any atom is 0.261 e. The van der Waals surface area contributed by atoms with E-state index in [1.54, 1.807) is 18.5 Å². The van der Waals surface area contributed by atoms with Gasteiger partial charge in [0.05, 0.1) is 27.8 Å². The lowest BCUT2D eigenvalue weighted by Crippen LogP contribution is -2.21. The number of rotatable bonds is 4. The Bertz CT molecular complexity index is 792. The fourth-order valence-corrected chi connectivity index (χ4v) is 2.97. The van der Waals surface area contributed by atoms with Crippen molar-refractivity contribution in [1.29, 1.82) is 0 Å². The third-order valence-corrected chi connectivity index (χ3v) is 4.43. The van der Waals surface area contributed by atoms with Crippen LogP contribution in [0.5, 0.6) is 0 Å². The summed E-state index contributed by atoms with van der Waals surface area (Å²) in [6.45, 7) is 2.43. The molecule has 2 heterocycles. The fourth-order valence-electron chi connectivity index (χ4n) is 2.01. The highest BCUT2D eigenvalue weighted by Crippen LogP contribution is 2.21. The Hall–Kier alpha value is -2.11. The first kappa shape index (κ1) is 14.8. The number of aromatic nitrogens is 2. The van der Waals surface area contributed by atoms with Crippen LogP contribution in [0.2, 0.25) is 4.34 Å². The predicted molar refractivity (Wildman–Crippen MR) is 88.8 cm³/mol. The molecule has 0 saturated carbocycles. The van der Waals surface area contributed by atoms with E-state index < -0.39 is 0 Å². The molecule has 4 nitrogen and oxygen atoms in total. The zero-order chi connectivity index (χ0) is 15.5. The van der Waals surface area contributed by atoms with E-state index in [0.717, 1.165) is 11.4 Å². The van der Waals surface area contributed by atoms with Gasteiger partial charge >= 0.3 is 0 Å². The van der Waals surface area contributed by atoms with Gasteiger partial charge in [-0.15, -0.1) is 11.3 Å². The second-order valence-electron chi connectivity index (χ2n) is 4.89. The molecule has 0 fully saturated rings. The van der Waals surface area contributed by atoms with Gasteiger partial charge in [-0.2, -0.15) is 0 Å². The highest BCUT2D eigenvalue weighted by atomic mass is 35.5. The normalized spacial score (nSPS) is 10.6. The van der Waals surface area contributed by atoms with E-state index in [2.05, 4.69) is 29.4 Å². The number of amides is 1. The quantitative estimate of drug-likeness (QED) is 0.790. The van der Waals surface area contributed by atoms with Gasteiger partial charge in [-0.25, -0.2) is 4.98 Å². The summed E-state index contributed by atoms with van der Waals surface area (Å²) in [5.74, 6) is -0.137. The van der Waals surface area contributed by atoms with Crippen molar-refractivity contribution < 1.29 is 4.79 Å². The van der Waals surface area contributed by atoms with E-state index in [9.17, 15) is 4.79 Å². The van der Waals surface area contributed by atoms with Crippen molar-refractivity contribution in [3.63, 3.8) is 0 Å². The SMILES string of the molecule is Cc1ccc(-n2cnc(CNC(=O)c3ccc(Cl)s3)c2)cc1. The van der Waals surface area contributed by atoms with Crippen LogP contribution in [-0.2, 0) is 6.54 Å². The van der Waals surface area contributed by atoms with Crippen LogP contribution in [0.25, 0.3) is 5.69 Å². The number of benzene rings is 1. The molecule has 0 radical (unpaired) electrons. The minimum atomic E-state index is -0.137. The molecule has 0 aliphatic rings. The Labute approximate surface area is 137 Å². The van der Waals surface area contributed by atoms with Crippen LogP contribution in [0.15, 0.2) is 48.9 Å². The van der Waals surface area contributed by atoms with Crippen LogP contribution in [0.3, 0.4) is 0 Å². The fraction of sp³-hybridized carbons (Fsp3) is 0.125. The van der Waals surface area contributed by atoms with Crippen molar-refractivity contribution in [2.24, 2.45) is 0 Å². The molecule has 0 unspecified atom stereocenters. The van der Waals surface area contributed by atoms with Crippen molar-refractivity contribution >= 4 is 28.8 Å². The third kappa shape index (κ3) is 3.37. The van der Waals surface area contributed by atoms with Crippen LogP contribution in [0.1, 0.15) is 20.9 Å². The Kier molecular flexibility index (Phi) is 4.27. The second-order valence-corrected chi connectivity index (χ2v) is 6.61. The number of aryl methyl sites for hydroxylation is 1. The number of hydrogen-bond donors (Lipinski definition) is 1. The van der Waals surface area contributed by atoms with Gasteiger partial charge in [-0.1, -0.05) is 29.3 Å². The minimum absolute atomic E-state index is 0.137. The summed E-state index contributed by atoms with van der Waals surface area (Å²) in [4.78, 5) is 16.9. The number of carbonyl (C=O) groups is 1. The van der Waals surface area contributed by atoms with Crippen molar-refractivity contribution in [1.82, 2.24) is 14.9 Å². The van der Waals surface area contributed by atoms with Crippen LogP contribution in [0, 0.1) is 6.92 Å². The standard InChI is InChI=1S/C16H14ClN3OS/c1-11-2-4-13(5-3-11)20-9-12(19-10-20)8-18-16(21)14-6-7-15(17)22-14/h2-7,9-10H,8H2,1H3,(H,18,21). The molecular weight excluding hydrogens is 318 g/mol. The van der Waals surface area contributed by atoms with Gasteiger partial charge in [0.15, 0.2) is 0 Å². The number of nitrogens with zero attached hydrogens (tertiary/aromatic N) is 2. The van der Waals surface area contributed by atoms with Crippen molar-refractivity contribution in [3.8, 4) is 5.69 Å². The van der Waals surface area contributed by atoms with E-state index in [4.69, 9.17) is 11.6 Å². The number of hydrogen-bond acceptors (Lipinski definition) is 3. The zero-order valence-corrected chi connectivity index (χ0v) is 13.5. The summed E-state index contributed by atoms with van der Waals surface area (Å²) in [5, 5.41) is 2.84. The minimum Gasteiger partial charge on any atom is -0.346 e. The summed E-state index contributed by atoms with van der Waals surface area (Å²) in [6.07, 6.45) is 3.65. The van der Waals surface area contributed by atoms with Crippen molar-refractivity contribution in [2.75, 3.05) is 0 Å². The second kappa shape index (κ2) is 6.34. The number of carbonyl (C=O) groups excluding carboxylic acids is 1. The number of halogens is 1. The number of imidazole rings is 1. The van der Waals surface area contributed by atoms with Crippen molar-refractivity contribution in [2.45, 2.75) is 13.5 Å². The lowest BCUT2D eigenvalue weighted by molar-refractivity contribution is 0.0954. The number of nitrogens with one attached hydrogen (secondary N) is 1. The predicted octanol–water partition coefficient (Wildman–Crippen LogP) is 3.83. The largest absolute Gasteiger partial charge is 0.346 e. The summed E-state index contributed by atoms with van der Waals surface area (Å²) in [5.41, 5.74) is 3.06. The van der Waals surface area contributed by atoms with Crippen LogP contribution >= 0.6 is 22.9 Å². The number of thiophene rings is 1. The molecule has 2 aromatic heterocycles. The van der Waals surface area contributed by atoms with E-state index in [1.807, 2.05) is 22.9 Å². The molecule has 1 N–H and O–H groups in total. The van der Waals surface area contributed by atoms with Crippen LogP contribution in [-0.4, -0.2) is 15.5 Å².